The molecule has 1 aliphatic rings. The van der Waals surface area contributed by atoms with E-state index in [0.717, 1.165) is 12.0 Å². The number of para-hydroxylation sites is 1. The predicted octanol–water partition coefficient (Wildman–Crippen LogP) is 3.48. The van der Waals surface area contributed by atoms with Gasteiger partial charge in [0, 0.05) is 18.7 Å². The van der Waals surface area contributed by atoms with E-state index in [2.05, 4.69) is 0 Å². The number of amides is 1. The Kier molecular flexibility index (Phi) is 5.93. The molecule has 2 aromatic carbocycles. The third-order valence-corrected chi connectivity index (χ3v) is 5.95. The van der Waals surface area contributed by atoms with Crippen molar-refractivity contribution >= 4 is 16.9 Å². The maximum atomic E-state index is 13.7. The zero-order valence-corrected chi connectivity index (χ0v) is 19.1. The smallest absolute Gasteiger partial charge is 0.290 e. The lowest BCUT2D eigenvalue weighted by Crippen LogP contribution is -2.35. The third-order valence-electron chi connectivity index (χ3n) is 5.95. The summed E-state index contributed by atoms with van der Waals surface area (Å²) in [5.41, 5.74) is 2.31. The van der Waals surface area contributed by atoms with E-state index in [0.29, 0.717) is 46.7 Å². The van der Waals surface area contributed by atoms with Gasteiger partial charge < -0.3 is 23.7 Å². The fourth-order valence-corrected chi connectivity index (χ4v) is 4.28. The van der Waals surface area contributed by atoms with Crippen molar-refractivity contribution in [3.8, 4) is 11.5 Å². The van der Waals surface area contributed by atoms with Gasteiger partial charge in [-0.3, -0.25) is 9.59 Å². The second-order valence-electron chi connectivity index (χ2n) is 8.15. The highest BCUT2D eigenvalue weighted by atomic mass is 16.5. The van der Waals surface area contributed by atoms with Crippen LogP contribution in [0.3, 0.4) is 0 Å². The lowest BCUT2D eigenvalue weighted by Gasteiger charge is -2.28. The van der Waals surface area contributed by atoms with E-state index in [9.17, 15) is 9.59 Å². The fourth-order valence-electron chi connectivity index (χ4n) is 4.28. The van der Waals surface area contributed by atoms with Gasteiger partial charge in [0.1, 0.15) is 5.58 Å². The molecule has 4 rings (SSSR count). The summed E-state index contributed by atoms with van der Waals surface area (Å²) < 4.78 is 17.2. The summed E-state index contributed by atoms with van der Waals surface area (Å²) >= 11 is 0. The second-order valence-corrected chi connectivity index (χ2v) is 8.15. The zero-order chi connectivity index (χ0) is 23.0. The molecule has 0 N–H and O–H groups in total. The highest BCUT2D eigenvalue weighted by molar-refractivity contribution is 5.99. The number of ether oxygens (including phenoxy) is 2. The first-order valence-electron chi connectivity index (χ1n) is 10.7. The topological polar surface area (TPSA) is 72.2 Å². The Bertz CT molecular complexity index is 1230. The van der Waals surface area contributed by atoms with E-state index in [1.165, 1.54) is 0 Å². The first-order valence-corrected chi connectivity index (χ1v) is 10.7. The van der Waals surface area contributed by atoms with Gasteiger partial charge in [-0.1, -0.05) is 25.1 Å². The lowest BCUT2D eigenvalue weighted by molar-refractivity contribution is 0.0715. The van der Waals surface area contributed by atoms with Gasteiger partial charge in [-0.15, -0.1) is 0 Å². The molecule has 0 aliphatic carbocycles. The number of rotatable bonds is 7. The molecule has 0 bridgehead atoms. The van der Waals surface area contributed by atoms with E-state index in [4.69, 9.17) is 13.9 Å². The van der Waals surface area contributed by atoms with Crippen LogP contribution >= 0.6 is 0 Å². The van der Waals surface area contributed by atoms with Crippen LogP contribution < -0.4 is 14.9 Å². The van der Waals surface area contributed by atoms with E-state index < -0.39 is 6.04 Å². The van der Waals surface area contributed by atoms with Gasteiger partial charge >= 0.3 is 0 Å². The highest BCUT2D eigenvalue weighted by Gasteiger charge is 2.44. The lowest BCUT2D eigenvalue weighted by atomic mass is 9.96. The van der Waals surface area contributed by atoms with Crippen LogP contribution in [-0.4, -0.2) is 57.1 Å². The number of fused-ring (bicyclic) bond motifs is 2. The van der Waals surface area contributed by atoms with Gasteiger partial charge in [0.05, 0.1) is 31.2 Å². The molecule has 168 valence electrons. The number of benzene rings is 2. The summed E-state index contributed by atoms with van der Waals surface area (Å²) in [6.07, 6.45) is 0.799. The van der Waals surface area contributed by atoms with Crippen LogP contribution in [0.15, 0.2) is 45.6 Å². The van der Waals surface area contributed by atoms with Gasteiger partial charge in [-0.05, 0) is 44.3 Å². The fraction of sp³-hybridized carbons (Fsp3) is 0.360. The summed E-state index contributed by atoms with van der Waals surface area (Å²) in [5.74, 6) is 0.838. The number of carbonyl (C=O) groups is 1. The molecule has 1 atom stereocenters. The Morgan fingerprint density at radius 3 is 2.53 bits per heavy atom. The third kappa shape index (κ3) is 3.52. The molecule has 0 saturated heterocycles. The van der Waals surface area contributed by atoms with Crippen molar-refractivity contribution < 1.29 is 18.7 Å². The first-order chi connectivity index (χ1) is 15.4. The van der Waals surface area contributed by atoms with Crippen LogP contribution in [0, 0.1) is 0 Å². The van der Waals surface area contributed by atoms with E-state index in [1.54, 1.807) is 31.3 Å². The van der Waals surface area contributed by atoms with Crippen molar-refractivity contribution in [1.29, 1.82) is 0 Å². The van der Waals surface area contributed by atoms with Crippen LogP contribution in [0.1, 0.15) is 40.2 Å². The molecule has 0 radical (unpaired) electrons. The Hall–Kier alpha value is -3.32. The average Bonchev–Trinajstić information content (AvgIpc) is 3.08. The largest absolute Gasteiger partial charge is 0.493 e. The minimum atomic E-state index is -0.631. The molecular weight excluding hydrogens is 408 g/mol. The SMILES string of the molecule is CCc1ccc2oc3c(c(=O)c2c1)C(c1cccc(OC)c1OC)N(CCN(C)C)C3=O. The Morgan fingerprint density at radius 1 is 1.09 bits per heavy atom. The van der Waals surface area contributed by atoms with Crippen molar-refractivity contribution in [3.05, 3.63) is 69.1 Å². The number of aryl methyl sites for hydroxylation is 1. The monoisotopic (exact) mass is 436 g/mol. The standard InChI is InChI=1S/C25H28N2O5/c1-6-15-10-11-18-17(14-15)22(28)20-21(16-8-7-9-19(30-4)23(16)31-5)27(13-12-26(2)3)25(29)24(20)32-18/h7-11,14,21H,6,12-13H2,1-5H3. The van der Waals surface area contributed by atoms with Gasteiger partial charge in [0.15, 0.2) is 16.9 Å². The molecule has 1 aliphatic heterocycles. The van der Waals surface area contributed by atoms with Crippen molar-refractivity contribution in [2.45, 2.75) is 19.4 Å². The second kappa shape index (κ2) is 8.67. The molecule has 32 heavy (non-hydrogen) atoms. The van der Waals surface area contributed by atoms with Gasteiger partial charge in [0.25, 0.3) is 5.91 Å². The van der Waals surface area contributed by atoms with Crippen molar-refractivity contribution in [2.24, 2.45) is 0 Å². The Labute approximate surface area is 187 Å². The Morgan fingerprint density at radius 2 is 1.88 bits per heavy atom. The van der Waals surface area contributed by atoms with Crippen molar-refractivity contribution in [2.75, 3.05) is 41.4 Å². The summed E-state index contributed by atoms with van der Waals surface area (Å²) in [6.45, 7) is 3.10. The molecular formula is C25H28N2O5. The van der Waals surface area contributed by atoms with Crippen molar-refractivity contribution in [3.63, 3.8) is 0 Å². The van der Waals surface area contributed by atoms with Gasteiger partial charge in [-0.2, -0.15) is 0 Å². The van der Waals surface area contributed by atoms with Crippen LogP contribution in [0.25, 0.3) is 11.0 Å². The van der Waals surface area contributed by atoms with Gasteiger partial charge in [0.2, 0.25) is 5.76 Å². The zero-order valence-electron chi connectivity index (χ0n) is 19.1. The van der Waals surface area contributed by atoms with Gasteiger partial charge in [-0.25, -0.2) is 0 Å². The van der Waals surface area contributed by atoms with E-state index in [1.807, 2.05) is 50.2 Å². The average molecular weight is 437 g/mol. The quantitative estimate of drug-likeness (QED) is 0.565. The van der Waals surface area contributed by atoms with E-state index >= 15 is 0 Å². The molecule has 0 spiro atoms. The highest BCUT2D eigenvalue weighted by Crippen LogP contribution is 2.44. The van der Waals surface area contributed by atoms with Crippen molar-refractivity contribution in [1.82, 2.24) is 9.80 Å². The molecule has 7 nitrogen and oxygen atoms in total. The first kappa shape index (κ1) is 21.9. The number of hydrogen-bond acceptors (Lipinski definition) is 6. The minimum Gasteiger partial charge on any atom is -0.493 e. The molecule has 3 aromatic rings. The predicted molar refractivity (Wildman–Crippen MR) is 123 cm³/mol. The van der Waals surface area contributed by atoms with Crippen LogP contribution in [0.5, 0.6) is 11.5 Å². The molecule has 7 heteroatoms. The van der Waals surface area contributed by atoms with Crippen LogP contribution in [0.2, 0.25) is 0 Å². The maximum Gasteiger partial charge on any atom is 0.290 e. The number of likely N-dealkylation sites (N-methyl/N-ethyl adjacent to an activating group) is 1. The summed E-state index contributed by atoms with van der Waals surface area (Å²) in [4.78, 5) is 30.9. The Balaban J connectivity index is 2.00. The number of nitrogens with zero attached hydrogens (tertiary/aromatic N) is 2. The van der Waals surface area contributed by atoms with Crippen LogP contribution in [0.4, 0.5) is 0 Å². The summed E-state index contributed by atoms with van der Waals surface area (Å²) in [5, 5.41) is 0.484. The molecule has 1 unspecified atom stereocenters. The number of hydrogen-bond donors (Lipinski definition) is 0. The van der Waals surface area contributed by atoms with Crippen LogP contribution in [-0.2, 0) is 6.42 Å². The normalized spacial score (nSPS) is 15.5. The number of methoxy groups -OCH3 is 2. The summed E-state index contributed by atoms with van der Waals surface area (Å²) in [7, 11) is 7.00. The molecule has 0 fully saturated rings. The molecule has 1 aromatic heterocycles. The minimum absolute atomic E-state index is 0.0976. The van der Waals surface area contributed by atoms with E-state index in [-0.39, 0.29) is 17.1 Å². The number of carbonyl (C=O) groups excluding carboxylic acids is 1. The molecule has 1 amide bonds. The maximum absolute atomic E-state index is 13.7. The molecule has 0 saturated carbocycles. The summed E-state index contributed by atoms with van der Waals surface area (Å²) in [6, 6.07) is 10.4. The molecule has 2 heterocycles.